The van der Waals surface area contributed by atoms with Crippen LogP contribution in [0.5, 0.6) is 0 Å². The average molecular weight is 363 g/mol. The molecule has 1 aliphatic heterocycles. The molecule has 0 spiro atoms. The average Bonchev–Trinajstić information content (AvgIpc) is 2.59. The molecule has 0 aromatic heterocycles. The van der Waals surface area contributed by atoms with Gasteiger partial charge in [-0.3, -0.25) is 4.79 Å². The smallest absolute Gasteiger partial charge is 0.253 e. The number of likely N-dealkylation sites (tertiary alicyclic amines) is 1. The van der Waals surface area contributed by atoms with Crippen LogP contribution in [0.25, 0.3) is 0 Å². The Hall–Kier alpha value is -1.71. The third kappa shape index (κ3) is 3.52. The molecule has 0 unspecified atom stereocenters. The van der Waals surface area contributed by atoms with Gasteiger partial charge in [0.1, 0.15) is 0 Å². The molecule has 1 saturated heterocycles. The minimum atomic E-state index is 0.0503. The first kappa shape index (κ1) is 17.1. The maximum atomic E-state index is 12.6. The number of halogens is 2. The summed E-state index contributed by atoms with van der Waals surface area (Å²) in [6.45, 7) is 3.40. The second-order valence-electron chi connectivity index (χ2n) is 6.31. The summed E-state index contributed by atoms with van der Waals surface area (Å²) in [5, 5.41) is 1.16. The largest absolute Gasteiger partial charge is 0.398 e. The number of nitrogens with two attached hydrogens (primary N) is 1. The number of amides is 1. The van der Waals surface area contributed by atoms with Crippen molar-refractivity contribution in [3.8, 4) is 0 Å². The number of hydrogen-bond acceptors (Lipinski definition) is 2. The predicted molar refractivity (Wildman–Crippen MR) is 99.9 cm³/mol. The zero-order chi connectivity index (χ0) is 17.3. The molecule has 3 rings (SSSR count). The number of anilines is 1. The lowest BCUT2D eigenvalue weighted by Crippen LogP contribution is -2.38. The molecule has 1 amide bonds. The van der Waals surface area contributed by atoms with E-state index in [-0.39, 0.29) is 5.91 Å². The van der Waals surface area contributed by atoms with Crippen LogP contribution in [0, 0.1) is 6.92 Å². The van der Waals surface area contributed by atoms with Gasteiger partial charge in [0.05, 0.1) is 10.0 Å². The molecule has 2 N–H and O–H groups in total. The van der Waals surface area contributed by atoms with Crippen molar-refractivity contribution in [1.82, 2.24) is 4.90 Å². The standard InChI is InChI=1S/C19H20Cl2N2O/c1-12-2-3-15(11-18(12)22)19(24)23-8-6-13(7-9-23)14-4-5-16(20)17(21)10-14/h2-5,10-11,13H,6-9,22H2,1H3. The van der Waals surface area contributed by atoms with Crippen LogP contribution in [-0.4, -0.2) is 23.9 Å². The van der Waals surface area contributed by atoms with Gasteiger partial charge in [0.2, 0.25) is 0 Å². The van der Waals surface area contributed by atoms with Crippen molar-refractivity contribution in [3.05, 3.63) is 63.1 Å². The Kier molecular flexibility index (Phi) is 5.02. The van der Waals surface area contributed by atoms with Crippen molar-refractivity contribution in [3.63, 3.8) is 0 Å². The molecule has 5 heteroatoms. The van der Waals surface area contributed by atoms with E-state index in [4.69, 9.17) is 28.9 Å². The number of carbonyl (C=O) groups is 1. The summed E-state index contributed by atoms with van der Waals surface area (Å²) in [7, 11) is 0. The van der Waals surface area contributed by atoms with E-state index in [2.05, 4.69) is 0 Å². The maximum absolute atomic E-state index is 12.6. The first-order valence-electron chi connectivity index (χ1n) is 8.06. The fraction of sp³-hybridized carbons (Fsp3) is 0.316. The molecule has 1 fully saturated rings. The molecule has 0 saturated carbocycles. The molecule has 1 heterocycles. The van der Waals surface area contributed by atoms with E-state index >= 15 is 0 Å². The number of carbonyl (C=O) groups excluding carboxylic acids is 1. The zero-order valence-electron chi connectivity index (χ0n) is 13.6. The van der Waals surface area contributed by atoms with Gasteiger partial charge < -0.3 is 10.6 Å². The van der Waals surface area contributed by atoms with E-state index < -0.39 is 0 Å². The van der Waals surface area contributed by atoms with E-state index in [1.807, 2.05) is 42.2 Å². The summed E-state index contributed by atoms with van der Waals surface area (Å²) >= 11 is 12.1. The first-order valence-corrected chi connectivity index (χ1v) is 8.81. The summed E-state index contributed by atoms with van der Waals surface area (Å²) < 4.78 is 0. The van der Waals surface area contributed by atoms with Crippen LogP contribution in [0.1, 0.15) is 40.2 Å². The lowest BCUT2D eigenvalue weighted by atomic mass is 9.89. The molecular formula is C19H20Cl2N2O. The van der Waals surface area contributed by atoms with E-state index in [1.165, 1.54) is 5.56 Å². The quantitative estimate of drug-likeness (QED) is 0.771. The minimum absolute atomic E-state index is 0.0503. The van der Waals surface area contributed by atoms with Gasteiger partial charge in [-0.25, -0.2) is 0 Å². The number of hydrogen-bond donors (Lipinski definition) is 1. The Morgan fingerprint density at radius 2 is 1.79 bits per heavy atom. The van der Waals surface area contributed by atoms with E-state index in [0.717, 1.165) is 31.5 Å². The van der Waals surface area contributed by atoms with Gasteiger partial charge in [-0.2, -0.15) is 0 Å². The summed E-state index contributed by atoms with van der Waals surface area (Å²) in [5.41, 5.74) is 9.42. The Morgan fingerprint density at radius 3 is 2.42 bits per heavy atom. The fourth-order valence-electron chi connectivity index (χ4n) is 3.14. The molecular weight excluding hydrogens is 343 g/mol. The summed E-state index contributed by atoms with van der Waals surface area (Å²) in [6, 6.07) is 11.3. The van der Waals surface area contributed by atoms with Crippen LogP contribution >= 0.6 is 23.2 Å². The summed E-state index contributed by atoms with van der Waals surface area (Å²) in [6.07, 6.45) is 1.84. The molecule has 2 aromatic carbocycles. The Bertz CT molecular complexity index is 768. The Balaban J connectivity index is 1.66. The Labute approximate surface area is 152 Å². The zero-order valence-corrected chi connectivity index (χ0v) is 15.1. The summed E-state index contributed by atoms with van der Waals surface area (Å²) in [5.74, 6) is 0.459. The number of rotatable bonds is 2. The normalized spacial score (nSPS) is 15.5. The SMILES string of the molecule is Cc1ccc(C(=O)N2CCC(c3ccc(Cl)c(Cl)c3)CC2)cc1N. The van der Waals surface area contributed by atoms with Gasteiger partial charge in [0, 0.05) is 24.3 Å². The Morgan fingerprint density at radius 1 is 1.08 bits per heavy atom. The second kappa shape index (κ2) is 7.04. The third-order valence-electron chi connectivity index (χ3n) is 4.72. The van der Waals surface area contributed by atoms with Gasteiger partial charge in [-0.15, -0.1) is 0 Å². The monoisotopic (exact) mass is 362 g/mol. The molecule has 126 valence electrons. The van der Waals surface area contributed by atoms with Crippen LogP contribution < -0.4 is 5.73 Å². The number of nitrogen functional groups attached to an aromatic ring is 1. The van der Waals surface area contributed by atoms with Crippen LogP contribution in [0.4, 0.5) is 5.69 Å². The topological polar surface area (TPSA) is 46.3 Å². The van der Waals surface area contributed by atoms with Gasteiger partial charge in [0.15, 0.2) is 0 Å². The molecule has 1 aliphatic rings. The highest BCUT2D eigenvalue weighted by molar-refractivity contribution is 6.42. The van der Waals surface area contributed by atoms with Crippen molar-refractivity contribution in [1.29, 1.82) is 0 Å². The van der Waals surface area contributed by atoms with Gasteiger partial charge in [0.25, 0.3) is 5.91 Å². The molecule has 0 atom stereocenters. The van der Waals surface area contributed by atoms with E-state index in [1.54, 1.807) is 6.07 Å². The van der Waals surface area contributed by atoms with Crippen molar-refractivity contribution in [2.75, 3.05) is 18.8 Å². The highest BCUT2D eigenvalue weighted by Gasteiger charge is 2.25. The highest BCUT2D eigenvalue weighted by atomic mass is 35.5. The molecule has 0 aliphatic carbocycles. The van der Waals surface area contributed by atoms with Crippen LogP contribution in [0.15, 0.2) is 36.4 Å². The van der Waals surface area contributed by atoms with Crippen LogP contribution in [0.2, 0.25) is 10.0 Å². The highest BCUT2D eigenvalue weighted by Crippen LogP contribution is 2.32. The molecule has 0 radical (unpaired) electrons. The minimum Gasteiger partial charge on any atom is -0.398 e. The van der Waals surface area contributed by atoms with E-state index in [0.29, 0.717) is 27.2 Å². The van der Waals surface area contributed by atoms with Gasteiger partial charge in [-0.05, 0) is 61.1 Å². The van der Waals surface area contributed by atoms with Crippen LogP contribution in [-0.2, 0) is 0 Å². The van der Waals surface area contributed by atoms with Crippen molar-refractivity contribution >= 4 is 34.8 Å². The third-order valence-corrected chi connectivity index (χ3v) is 5.46. The maximum Gasteiger partial charge on any atom is 0.253 e. The molecule has 0 bridgehead atoms. The number of nitrogens with zero attached hydrogens (tertiary/aromatic N) is 1. The molecule has 24 heavy (non-hydrogen) atoms. The van der Waals surface area contributed by atoms with Gasteiger partial charge in [-0.1, -0.05) is 35.3 Å². The van der Waals surface area contributed by atoms with Crippen molar-refractivity contribution in [2.24, 2.45) is 0 Å². The number of piperidine rings is 1. The number of benzene rings is 2. The predicted octanol–water partition coefficient (Wildman–Crippen LogP) is 4.90. The van der Waals surface area contributed by atoms with Crippen LogP contribution in [0.3, 0.4) is 0 Å². The lowest BCUT2D eigenvalue weighted by molar-refractivity contribution is 0.0713. The number of aryl methyl sites for hydroxylation is 1. The summed E-state index contributed by atoms with van der Waals surface area (Å²) in [4.78, 5) is 14.5. The molecule has 3 nitrogen and oxygen atoms in total. The van der Waals surface area contributed by atoms with Gasteiger partial charge >= 0.3 is 0 Å². The lowest BCUT2D eigenvalue weighted by Gasteiger charge is -2.32. The first-order chi connectivity index (χ1) is 11.5. The fourth-order valence-corrected chi connectivity index (χ4v) is 3.44. The molecule has 2 aromatic rings. The van der Waals surface area contributed by atoms with Crippen molar-refractivity contribution in [2.45, 2.75) is 25.7 Å². The van der Waals surface area contributed by atoms with E-state index in [9.17, 15) is 4.79 Å². The second-order valence-corrected chi connectivity index (χ2v) is 7.13. The van der Waals surface area contributed by atoms with Crippen molar-refractivity contribution < 1.29 is 4.79 Å².